The van der Waals surface area contributed by atoms with Gasteiger partial charge in [0.2, 0.25) is 0 Å². The van der Waals surface area contributed by atoms with Gasteiger partial charge in [-0.3, -0.25) is 0 Å². The van der Waals surface area contributed by atoms with Gasteiger partial charge in [0.25, 0.3) is 0 Å². The normalized spacial score (nSPS) is 10.7. The third kappa shape index (κ3) is 2.79. The minimum absolute atomic E-state index is 0.895. The minimum atomic E-state index is 0.895. The first kappa shape index (κ1) is 13.0. The average Bonchev–Trinajstić information content (AvgIpc) is 2.99. The van der Waals surface area contributed by atoms with Crippen molar-refractivity contribution in [2.24, 2.45) is 0 Å². The van der Waals surface area contributed by atoms with Crippen LogP contribution in [0.3, 0.4) is 0 Å². The van der Waals surface area contributed by atoms with Gasteiger partial charge in [0, 0.05) is 23.1 Å². The van der Waals surface area contributed by atoms with Crippen molar-refractivity contribution < 1.29 is 0 Å². The van der Waals surface area contributed by atoms with E-state index in [4.69, 9.17) is 4.98 Å². The Bertz CT molecular complexity index is 672. The lowest BCUT2D eigenvalue weighted by Crippen LogP contribution is -2.04. The highest BCUT2D eigenvalue weighted by molar-refractivity contribution is 7.13. The molecule has 0 fully saturated rings. The van der Waals surface area contributed by atoms with Crippen LogP contribution in [0.4, 0.5) is 0 Å². The standard InChI is InChI=1S/C17H16N2S/c1-18-11-13-7-9-14(10-8-13)16-12-20-17(19-16)15-5-3-2-4-6-15/h2-10,12,18H,11H2,1H3. The molecule has 0 bridgehead atoms. The van der Waals surface area contributed by atoms with Crippen LogP contribution in [-0.4, -0.2) is 12.0 Å². The molecule has 2 aromatic carbocycles. The molecule has 2 nitrogen and oxygen atoms in total. The fourth-order valence-electron chi connectivity index (χ4n) is 2.12. The van der Waals surface area contributed by atoms with Crippen molar-refractivity contribution >= 4 is 11.3 Å². The first-order valence-electron chi connectivity index (χ1n) is 6.61. The molecule has 100 valence electrons. The lowest BCUT2D eigenvalue weighted by atomic mass is 10.1. The molecule has 0 spiro atoms. The van der Waals surface area contributed by atoms with Gasteiger partial charge in [-0.25, -0.2) is 4.98 Å². The zero-order valence-corrected chi connectivity index (χ0v) is 12.2. The summed E-state index contributed by atoms with van der Waals surface area (Å²) in [5.74, 6) is 0. The van der Waals surface area contributed by atoms with Crippen molar-refractivity contribution in [1.82, 2.24) is 10.3 Å². The Morgan fingerprint density at radius 2 is 1.70 bits per heavy atom. The van der Waals surface area contributed by atoms with Gasteiger partial charge < -0.3 is 5.32 Å². The summed E-state index contributed by atoms with van der Waals surface area (Å²) in [7, 11) is 1.96. The molecule has 0 aliphatic heterocycles. The van der Waals surface area contributed by atoms with Crippen molar-refractivity contribution in [2.75, 3.05) is 7.05 Å². The minimum Gasteiger partial charge on any atom is -0.316 e. The van der Waals surface area contributed by atoms with Crippen LogP contribution in [-0.2, 0) is 6.54 Å². The molecule has 0 saturated carbocycles. The quantitative estimate of drug-likeness (QED) is 0.775. The van der Waals surface area contributed by atoms with Crippen molar-refractivity contribution in [3.05, 3.63) is 65.5 Å². The molecule has 0 amide bonds. The van der Waals surface area contributed by atoms with Crippen molar-refractivity contribution in [3.8, 4) is 21.8 Å². The number of benzene rings is 2. The number of hydrogen-bond donors (Lipinski definition) is 1. The second-order valence-corrected chi connectivity index (χ2v) is 5.49. The monoisotopic (exact) mass is 280 g/mol. The van der Waals surface area contributed by atoms with Gasteiger partial charge in [0.05, 0.1) is 5.69 Å². The molecule has 1 N–H and O–H groups in total. The molecule has 0 aliphatic rings. The topological polar surface area (TPSA) is 24.9 Å². The van der Waals surface area contributed by atoms with Gasteiger partial charge >= 0.3 is 0 Å². The fraction of sp³-hybridized carbons (Fsp3) is 0.118. The highest BCUT2D eigenvalue weighted by Crippen LogP contribution is 2.28. The van der Waals surface area contributed by atoms with Gasteiger partial charge in [0.1, 0.15) is 5.01 Å². The molecular weight excluding hydrogens is 264 g/mol. The number of rotatable bonds is 4. The molecule has 0 radical (unpaired) electrons. The summed E-state index contributed by atoms with van der Waals surface area (Å²) in [5, 5.41) is 6.35. The van der Waals surface area contributed by atoms with Crippen LogP contribution in [0.15, 0.2) is 60.0 Å². The lowest BCUT2D eigenvalue weighted by molar-refractivity contribution is 0.818. The van der Waals surface area contributed by atoms with E-state index in [1.165, 1.54) is 16.7 Å². The number of aromatic nitrogens is 1. The van der Waals surface area contributed by atoms with Crippen LogP contribution in [0.25, 0.3) is 21.8 Å². The van der Waals surface area contributed by atoms with Gasteiger partial charge in [-0.2, -0.15) is 0 Å². The van der Waals surface area contributed by atoms with Crippen LogP contribution in [0.5, 0.6) is 0 Å². The van der Waals surface area contributed by atoms with Crippen molar-refractivity contribution in [2.45, 2.75) is 6.54 Å². The predicted octanol–water partition coefficient (Wildman–Crippen LogP) is 4.20. The number of hydrogen-bond acceptors (Lipinski definition) is 3. The van der Waals surface area contributed by atoms with E-state index in [0.717, 1.165) is 17.2 Å². The maximum absolute atomic E-state index is 4.73. The van der Waals surface area contributed by atoms with Crippen LogP contribution < -0.4 is 5.32 Å². The van der Waals surface area contributed by atoms with Crippen LogP contribution in [0.2, 0.25) is 0 Å². The summed E-state index contributed by atoms with van der Waals surface area (Å²) < 4.78 is 0. The third-order valence-corrected chi connectivity index (χ3v) is 4.05. The Kier molecular flexibility index (Phi) is 3.90. The Labute approximate surface area is 123 Å². The maximum atomic E-state index is 4.73. The van der Waals surface area contributed by atoms with Gasteiger partial charge in [-0.1, -0.05) is 54.6 Å². The summed E-state index contributed by atoms with van der Waals surface area (Å²) in [5.41, 5.74) is 4.68. The van der Waals surface area contributed by atoms with E-state index in [1.807, 2.05) is 25.2 Å². The van der Waals surface area contributed by atoms with Gasteiger partial charge in [0.15, 0.2) is 0 Å². The molecule has 1 heterocycles. The third-order valence-electron chi connectivity index (χ3n) is 3.16. The Hall–Kier alpha value is -1.97. The number of nitrogens with zero attached hydrogens (tertiary/aromatic N) is 1. The van der Waals surface area contributed by atoms with Crippen LogP contribution in [0.1, 0.15) is 5.56 Å². The van der Waals surface area contributed by atoms with E-state index in [-0.39, 0.29) is 0 Å². The second-order valence-electron chi connectivity index (χ2n) is 4.63. The van der Waals surface area contributed by atoms with Crippen LogP contribution >= 0.6 is 11.3 Å². The van der Waals surface area contributed by atoms with E-state index in [1.54, 1.807) is 11.3 Å². The summed E-state index contributed by atoms with van der Waals surface area (Å²) >= 11 is 1.69. The predicted molar refractivity (Wildman–Crippen MR) is 85.7 cm³/mol. The van der Waals surface area contributed by atoms with Crippen molar-refractivity contribution in [3.63, 3.8) is 0 Å². The van der Waals surface area contributed by atoms with E-state index in [0.29, 0.717) is 0 Å². The largest absolute Gasteiger partial charge is 0.316 e. The van der Waals surface area contributed by atoms with E-state index >= 15 is 0 Å². The molecule has 3 heteroatoms. The molecule has 0 aliphatic carbocycles. The molecule has 1 aromatic heterocycles. The smallest absolute Gasteiger partial charge is 0.124 e. The first-order valence-corrected chi connectivity index (χ1v) is 7.49. The highest BCUT2D eigenvalue weighted by Gasteiger charge is 2.06. The first-order chi connectivity index (χ1) is 9.86. The molecule has 0 saturated heterocycles. The average molecular weight is 280 g/mol. The Morgan fingerprint density at radius 1 is 0.950 bits per heavy atom. The lowest BCUT2D eigenvalue weighted by Gasteiger charge is -2.01. The van der Waals surface area contributed by atoms with E-state index < -0.39 is 0 Å². The molecule has 0 unspecified atom stereocenters. The Morgan fingerprint density at radius 3 is 2.40 bits per heavy atom. The van der Waals surface area contributed by atoms with Gasteiger partial charge in [-0.05, 0) is 12.6 Å². The molecule has 3 aromatic rings. The summed E-state index contributed by atoms with van der Waals surface area (Å²) in [6, 6.07) is 18.9. The molecule has 20 heavy (non-hydrogen) atoms. The summed E-state index contributed by atoms with van der Waals surface area (Å²) in [6.45, 7) is 0.895. The van der Waals surface area contributed by atoms with Crippen molar-refractivity contribution in [1.29, 1.82) is 0 Å². The molecule has 3 rings (SSSR count). The fourth-order valence-corrected chi connectivity index (χ4v) is 2.95. The zero-order valence-electron chi connectivity index (χ0n) is 11.3. The van der Waals surface area contributed by atoms with Crippen LogP contribution in [0, 0.1) is 0 Å². The zero-order chi connectivity index (χ0) is 13.8. The Balaban J connectivity index is 1.86. The molecular formula is C17H16N2S. The summed E-state index contributed by atoms with van der Waals surface area (Å²) in [4.78, 5) is 4.73. The summed E-state index contributed by atoms with van der Waals surface area (Å²) in [6.07, 6.45) is 0. The highest BCUT2D eigenvalue weighted by atomic mass is 32.1. The number of nitrogens with one attached hydrogen (secondary N) is 1. The second kappa shape index (κ2) is 5.99. The molecule has 0 atom stereocenters. The van der Waals surface area contributed by atoms with E-state index in [9.17, 15) is 0 Å². The number of thiazole rings is 1. The maximum Gasteiger partial charge on any atom is 0.124 e. The SMILES string of the molecule is CNCc1ccc(-c2csc(-c3ccccc3)n2)cc1. The van der Waals surface area contributed by atoms with E-state index in [2.05, 4.69) is 47.1 Å². The van der Waals surface area contributed by atoms with Gasteiger partial charge in [-0.15, -0.1) is 11.3 Å².